The van der Waals surface area contributed by atoms with Crippen molar-refractivity contribution >= 4 is 18.3 Å². The van der Waals surface area contributed by atoms with Gasteiger partial charge in [0.1, 0.15) is 0 Å². The fraction of sp³-hybridized carbons (Fsp3) is 0.462. The maximum absolute atomic E-state index is 11.9. The Morgan fingerprint density at radius 3 is 2.41 bits per heavy atom. The lowest BCUT2D eigenvalue weighted by Gasteiger charge is -2.29. The van der Waals surface area contributed by atoms with Gasteiger partial charge in [0.15, 0.2) is 0 Å². The van der Waals surface area contributed by atoms with E-state index in [0.717, 1.165) is 31.5 Å². The molecular formula is C13H19ClN2O. The molecule has 1 fully saturated rings. The lowest BCUT2D eigenvalue weighted by molar-refractivity contribution is 0.0917. The first-order valence-electron chi connectivity index (χ1n) is 5.80. The third kappa shape index (κ3) is 4.02. The highest BCUT2D eigenvalue weighted by atomic mass is 35.5. The van der Waals surface area contributed by atoms with Crippen LogP contribution in [0.25, 0.3) is 0 Å². The van der Waals surface area contributed by atoms with Gasteiger partial charge in [-0.25, -0.2) is 0 Å². The molecule has 17 heavy (non-hydrogen) atoms. The summed E-state index contributed by atoms with van der Waals surface area (Å²) in [6.07, 6.45) is 2.10. The van der Waals surface area contributed by atoms with Crippen molar-refractivity contribution in [2.75, 3.05) is 20.1 Å². The van der Waals surface area contributed by atoms with Gasteiger partial charge >= 0.3 is 0 Å². The van der Waals surface area contributed by atoms with Gasteiger partial charge < -0.3 is 10.2 Å². The van der Waals surface area contributed by atoms with Crippen LogP contribution in [0.3, 0.4) is 0 Å². The van der Waals surface area contributed by atoms with Crippen molar-refractivity contribution in [1.82, 2.24) is 10.2 Å². The molecule has 1 amide bonds. The third-order valence-electron chi connectivity index (χ3n) is 3.09. The van der Waals surface area contributed by atoms with Crippen LogP contribution in [0, 0.1) is 0 Å². The Bertz CT molecular complexity index is 348. The number of amides is 1. The molecule has 1 heterocycles. The lowest BCUT2D eigenvalue weighted by atomic mass is 10.0. The number of nitrogens with one attached hydrogen (secondary N) is 1. The number of benzene rings is 1. The largest absolute Gasteiger partial charge is 0.349 e. The van der Waals surface area contributed by atoms with Crippen LogP contribution in [0.15, 0.2) is 30.3 Å². The smallest absolute Gasteiger partial charge is 0.251 e. The molecule has 0 aromatic heterocycles. The third-order valence-corrected chi connectivity index (χ3v) is 3.09. The molecule has 1 aliphatic heterocycles. The van der Waals surface area contributed by atoms with Crippen LogP contribution in [-0.4, -0.2) is 37.0 Å². The van der Waals surface area contributed by atoms with E-state index in [-0.39, 0.29) is 18.3 Å². The number of hydrogen-bond acceptors (Lipinski definition) is 2. The Morgan fingerprint density at radius 1 is 1.24 bits per heavy atom. The number of nitrogens with zero attached hydrogens (tertiary/aromatic N) is 1. The highest BCUT2D eigenvalue weighted by Gasteiger charge is 2.18. The van der Waals surface area contributed by atoms with E-state index in [1.165, 1.54) is 0 Å². The Hall–Kier alpha value is -1.06. The predicted octanol–water partition coefficient (Wildman–Crippen LogP) is 1.93. The van der Waals surface area contributed by atoms with Crippen molar-refractivity contribution < 1.29 is 4.79 Å². The van der Waals surface area contributed by atoms with Crippen LogP contribution in [0.4, 0.5) is 0 Å². The summed E-state index contributed by atoms with van der Waals surface area (Å²) in [7, 11) is 2.12. The average Bonchev–Trinajstić information content (AvgIpc) is 2.33. The first kappa shape index (κ1) is 14.0. The first-order chi connectivity index (χ1) is 7.75. The standard InChI is InChI=1S/C13H18N2O.ClH/c1-15-9-7-12(8-10-15)14-13(16)11-5-3-2-4-6-11;/h2-6,12H,7-10H2,1H3,(H,14,16);1H. The summed E-state index contributed by atoms with van der Waals surface area (Å²) in [6.45, 7) is 2.14. The van der Waals surface area contributed by atoms with Gasteiger partial charge in [-0.05, 0) is 45.1 Å². The second kappa shape index (κ2) is 6.62. The van der Waals surface area contributed by atoms with Gasteiger partial charge in [0.25, 0.3) is 5.91 Å². The van der Waals surface area contributed by atoms with Crippen molar-refractivity contribution in [2.45, 2.75) is 18.9 Å². The highest BCUT2D eigenvalue weighted by Crippen LogP contribution is 2.09. The van der Waals surface area contributed by atoms with Crippen LogP contribution in [-0.2, 0) is 0 Å². The van der Waals surface area contributed by atoms with Crippen LogP contribution in [0.5, 0.6) is 0 Å². The van der Waals surface area contributed by atoms with E-state index in [0.29, 0.717) is 6.04 Å². The molecule has 0 radical (unpaired) electrons. The number of hydrogen-bond donors (Lipinski definition) is 1. The van der Waals surface area contributed by atoms with Gasteiger partial charge in [0, 0.05) is 11.6 Å². The molecule has 0 aliphatic carbocycles. The molecule has 0 unspecified atom stereocenters. The van der Waals surface area contributed by atoms with Crippen molar-refractivity contribution in [3.63, 3.8) is 0 Å². The van der Waals surface area contributed by atoms with E-state index >= 15 is 0 Å². The molecule has 2 rings (SSSR count). The first-order valence-corrected chi connectivity index (χ1v) is 5.80. The van der Waals surface area contributed by atoms with Gasteiger partial charge in [-0.1, -0.05) is 18.2 Å². The quantitative estimate of drug-likeness (QED) is 0.875. The average molecular weight is 255 g/mol. The molecule has 0 atom stereocenters. The van der Waals surface area contributed by atoms with Crippen molar-refractivity contribution in [3.8, 4) is 0 Å². The monoisotopic (exact) mass is 254 g/mol. The molecule has 0 saturated carbocycles. The molecule has 1 aromatic rings. The molecule has 94 valence electrons. The van der Waals surface area contributed by atoms with Gasteiger partial charge in [-0.2, -0.15) is 0 Å². The summed E-state index contributed by atoms with van der Waals surface area (Å²) in [5, 5.41) is 3.09. The zero-order valence-electron chi connectivity index (χ0n) is 10.1. The van der Waals surface area contributed by atoms with Gasteiger partial charge in [-0.3, -0.25) is 4.79 Å². The van der Waals surface area contributed by atoms with Gasteiger partial charge in [-0.15, -0.1) is 12.4 Å². The molecule has 4 heteroatoms. The second-order valence-corrected chi connectivity index (χ2v) is 4.42. The molecule has 0 spiro atoms. The van der Waals surface area contributed by atoms with E-state index in [4.69, 9.17) is 0 Å². The van der Waals surface area contributed by atoms with E-state index in [1.807, 2.05) is 30.3 Å². The zero-order valence-corrected chi connectivity index (χ0v) is 10.9. The molecule has 1 saturated heterocycles. The summed E-state index contributed by atoms with van der Waals surface area (Å²) < 4.78 is 0. The summed E-state index contributed by atoms with van der Waals surface area (Å²) in [4.78, 5) is 14.2. The molecule has 1 N–H and O–H groups in total. The van der Waals surface area contributed by atoms with Crippen LogP contribution >= 0.6 is 12.4 Å². The minimum Gasteiger partial charge on any atom is -0.349 e. The predicted molar refractivity (Wildman–Crippen MR) is 71.7 cm³/mol. The lowest BCUT2D eigenvalue weighted by Crippen LogP contribution is -2.43. The van der Waals surface area contributed by atoms with Crippen molar-refractivity contribution in [2.24, 2.45) is 0 Å². The van der Waals surface area contributed by atoms with Crippen LogP contribution in [0.2, 0.25) is 0 Å². The number of carbonyl (C=O) groups excluding carboxylic acids is 1. The minimum absolute atomic E-state index is 0. The molecule has 1 aliphatic rings. The normalized spacial score (nSPS) is 17.2. The molecule has 0 bridgehead atoms. The summed E-state index contributed by atoms with van der Waals surface area (Å²) in [5.74, 6) is 0.0511. The van der Waals surface area contributed by atoms with Crippen molar-refractivity contribution in [1.29, 1.82) is 0 Å². The summed E-state index contributed by atoms with van der Waals surface area (Å²) in [5.41, 5.74) is 0.751. The molecule has 1 aromatic carbocycles. The van der Waals surface area contributed by atoms with Crippen molar-refractivity contribution in [3.05, 3.63) is 35.9 Å². The van der Waals surface area contributed by atoms with E-state index in [1.54, 1.807) is 0 Å². The maximum atomic E-state index is 11.9. The number of piperidine rings is 1. The maximum Gasteiger partial charge on any atom is 0.251 e. The fourth-order valence-electron chi connectivity index (χ4n) is 2.01. The number of halogens is 1. The van der Waals surface area contributed by atoms with E-state index < -0.39 is 0 Å². The summed E-state index contributed by atoms with van der Waals surface area (Å²) in [6, 6.07) is 9.75. The Morgan fingerprint density at radius 2 is 1.82 bits per heavy atom. The number of likely N-dealkylation sites (tertiary alicyclic amines) is 1. The van der Waals surface area contributed by atoms with Crippen LogP contribution < -0.4 is 5.32 Å². The van der Waals surface area contributed by atoms with Gasteiger partial charge in [0.2, 0.25) is 0 Å². The SMILES string of the molecule is CN1CCC(NC(=O)c2ccccc2)CC1.Cl. The summed E-state index contributed by atoms with van der Waals surface area (Å²) >= 11 is 0. The number of rotatable bonds is 2. The highest BCUT2D eigenvalue weighted by molar-refractivity contribution is 5.94. The van der Waals surface area contributed by atoms with E-state index in [2.05, 4.69) is 17.3 Å². The topological polar surface area (TPSA) is 32.3 Å². The molecule has 3 nitrogen and oxygen atoms in total. The van der Waals surface area contributed by atoms with Gasteiger partial charge in [0.05, 0.1) is 0 Å². The Labute approximate surface area is 109 Å². The van der Waals surface area contributed by atoms with Crippen LogP contribution in [0.1, 0.15) is 23.2 Å². The number of carbonyl (C=O) groups is 1. The second-order valence-electron chi connectivity index (χ2n) is 4.42. The molecular weight excluding hydrogens is 236 g/mol. The zero-order chi connectivity index (χ0) is 11.4. The minimum atomic E-state index is 0. The Kier molecular flexibility index (Phi) is 5.45. The van der Waals surface area contributed by atoms with E-state index in [9.17, 15) is 4.79 Å². The fourth-order valence-corrected chi connectivity index (χ4v) is 2.01. The Balaban J connectivity index is 0.00000144.